The van der Waals surface area contributed by atoms with Gasteiger partial charge in [-0.1, -0.05) is 49.3 Å². The number of hydrogen-bond acceptors (Lipinski definition) is 5. The first-order chi connectivity index (χ1) is 13.0. The van der Waals surface area contributed by atoms with Crippen molar-refractivity contribution < 1.29 is 18.7 Å². The highest BCUT2D eigenvalue weighted by Gasteiger charge is 2.24. The van der Waals surface area contributed by atoms with E-state index in [1.807, 2.05) is 0 Å². The van der Waals surface area contributed by atoms with Crippen LogP contribution in [0.1, 0.15) is 54.0 Å². The third kappa shape index (κ3) is 5.60. The fraction of sp³-hybridized carbons (Fsp3) is 0.450. The molecule has 1 aromatic carbocycles. The third-order valence-electron chi connectivity index (χ3n) is 4.06. The van der Waals surface area contributed by atoms with Crippen LogP contribution in [0.4, 0.5) is 9.52 Å². The molecular weight excluding hydrogens is 367 g/mol. The van der Waals surface area contributed by atoms with Crippen LogP contribution in [0.5, 0.6) is 0 Å². The normalized spacial score (nSPS) is 10.7. The average Bonchev–Trinajstić information content (AvgIpc) is 3.02. The second kappa shape index (κ2) is 10.2. The quantitative estimate of drug-likeness (QED) is 0.465. The Morgan fingerprint density at radius 1 is 1.22 bits per heavy atom. The molecule has 5 nitrogen and oxygen atoms in total. The summed E-state index contributed by atoms with van der Waals surface area (Å²) in [7, 11) is 0. The van der Waals surface area contributed by atoms with Crippen LogP contribution in [0.2, 0.25) is 0 Å². The lowest BCUT2D eigenvalue weighted by Gasteiger charge is -2.20. The number of carbonyl (C=O) groups excluding carboxylic acids is 2. The highest BCUT2D eigenvalue weighted by molar-refractivity contribution is 7.17. The van der Waals surface area contributed by atoms with Crippen molar-refractivity contribution in [3.63, 3.8) is 0 Å². The standard InChI is InChI=1S/C20H25FN2O3S/c1-4-6-9-12-23(17(24)13-15-10-7-8-11-16(15)21)20-22-14(3)18(27-20)19(25)26-5-2/h7-8,10-11H,4-6,9,12-13H2,1-3H3. The van der Waals surface area contributed by atoms with E-state index in [1.165, 1.54) is 6.07 Å². The maximum atomic E-state index is 13.9. The van der Waals surface area contributed by atoms with E-state index < -0.39 is 11.8 Å². The van der Waals surface area contributed by atoms with Gasteiger partial charge in [-0.05, 0) is 31.9 Å². The minimum Gasteiger partial charge on any atom is -0.462 e. The number of esters is 1. The summed E-state index contributed by atoms with van der Waals surface area (Å²) in [6.45, 7) is 6.30. The van der Waals surface area contributed by atoms with Gasteiger partial charge in [0.1, 0.15) is 10.7 Å². The van der Waals surface area contributed by atoms with Gasteiger partial charge in [-0.3, -0.25) is 9.69 Å². The molecule has 0 aliphatic carbocycles. The van der Waals surface area contributed by atoms with Gasteiger partial charge in [-0.25, -0.2) is 14.2 Å². The topological polar surface area (TPSA) is 59.5 Å². The first kappa shape index (κ1) is 21.0. The summed E-state index contributed by atoms with van der Waals surface area (Å²) < 4.78 is 19.0. The number of anilines is 1. The molecule has 146 valence electrons. The number of thiazole rings is 1. The van der Waals surface area contributed by atoms with Gasteiger partial charge in [0.15, 0.2) is 5.13 Å². The van der Waals surface area contributed by atoms with E-state index in [2.05, 4.69) is 11.9 Å². The SMILES string of the molecule is CCCCCN(C(=O)Cc1ccccc1F)c1nc(C)c(C(=O)OCC)s1. The zero-order valence-corrected chi connectivity index (χ0v) is 16.8. The van der Waals surface area contributed by atoms with Crippen LogP contribution in [0, 0.1) is 12.7 Å². The highest BCUT2D eigenvalue weighted by atomic mass is 32.1. The number of unbranched alkanes of at least 4 members (excludes halogenated alkanes) is 2. The van der Waals surface area contributed by atoms with Crippen molar-refractivity contribution in [1.82, 2.24) is 4.98 Å². The monoisotopic (exact) mass is 392 g/mol. The largest absolute Gasteiger partial charge is 0.462 e. The summed E-state index contributed by atoms with van der Waals surface area (Å²) in [4.78, 5) is 31.3. The third-order valence-corrected chi connectivity index (χ3v) is 5.22. The molecule has 0 atom stereocenters. The predicted octanol–water partition coefficient (Wildman–Crippen LogP) is 4.53. The van der Waals surface area contributed by atoms with Crippen LogP contribution >= 0.6 is 11.3 Å². The van der Waals surface area contributed by atoms with Gasteiger partial charge in [-0.15, -0.1) is 0 Å². The molecule has 0 radical (unpaired) electrons. The second-order valence-electron chi connectivity index (χ2n) is 6.15. The molecule has 1 heterocycles. The molecule has 0 saturated heterocycles. The van der Waals surface area contributed by atoms with E-state index in [9.17, 15) is 14.0 Å². The van der Waals surface area contributed by atoms with Crippen LogP contribution in [-0.4, -0.2) is 30.0 Å². The molecule has 0 spiro atoms. The summed E-state index contributed by atoms with van der Waals surface area (Å²) in [5.74, 6) is -1.07. The lowest BCUT2D eigenvalue weighted by atomic mass is 10.1. The number of ether oxygens (including phenoxy) is 1. The summed E-state index contributed by atoms with van der Waals surface area (Å²) in [5, 5.41) is 0.452. The van der Waals surface area contributed by atoms with Gasteiger partial charge in [0.05, 0.1) is 18.7 Å². The molecule has 0 aliphatic heterocycles. The summed E-state index contributed by atoms with van der Waals surface area (Å²) in [6.07, 6.45) is 2.75. The Kier molecular flexibility index (Phi) is 7.91. The summed E-state index contributed by atoms with van der Waals surface area (Å²) in [5.41, 5.74) is 0.884. The van der Waals surface area contributed by atoms with Gasteiger partial charge >= 0.3 is 5.97 Å². The van der Waals surface area contributed by atoms with E-state index in [0.717, 1.165) is 30.6 Å². The Hall–Kier alpha value is -2.28. The van der Waals surface area contributed by atoms with Crippen LogP contribution < -0.4 is 4.90 Å². The first-order valence-electron chi connectivity index (χ1n) is 9.16. The number of hydrogen-bond donors (Lipinski definition) is 0. The van der Waals surface area contributed by atoms with E-state index in [0.29, 0.717) is 27.8 Å². The number of aromatic nitrogens is 1. The minimum absolute atomic E-state index is 0.0494. The Morgan fingerprint density at radius 3 is 2.63 bits per heavy atom. The number of benzene rings is 1. The van der Waals surface area contributed by atoms with Gasteiger partial charge < -0.3 is 4.74 Å². The molecule has 2 aromatic rings. The average molecular weight is 392 g/mol. The lowest BCUT2D eigenvalue weighted by Crippen LogP contribution is -2.33. The van der Waals surface area contributed by atoms with Gasteiger partial charge in [0, 0.05) is 6.54 Å². The smallest absolute Gasteiger partial charge is 0.350 e. The van der Waals surface area contributed by atoms with Crippen LogP contribution in [0.3, 0.4) is 0 Å². The van der Waals surface area contributed by atoms with Crippen molar-refractivity contribution in [2.75, 3.05) is 18.1 Å². The molecule has 27 heavy (non-hydrogen) atoms. The lowest BCUT2D eigenvalue weighted by molar-refractivity contribution is -0.118. The van der Waals surface area contributed by atoms with Crippen molar-refractivity contribution in [3.05, 3.63) is 46.2 Å². The number of aryl methyl sites for hydroxylation is 1. The Bertz CT molecular complexity index is 791. The molecule has 0 saturated carbocycles. The minimum atomic E-state index is -0.436. The predicted molar refractivity (Wildman–Crippen MR) is 105 cm³/mol. The molecular formula is C20H25FN2O3S. The van der Waals surface area contributed by atoms with E-state index in [-0.39, 0.29) is 18.9 Å². The highest BCUT2D eigenvalue weighted by Crippen LogP contribution is 2.28. The Labute approximate surface area is 163 Å². The van der Waals surface area contributed by atoms with Crippen molar-refractivity contribution in [3.8, 4) is 0 Å². The molecule has 1 amide bonds. The van der Waals surface area contributed by atoms with Gasteiger partial charge in [-0.2, -0.15) is 0 Å². The van der Waals surface area contributed by atoms with Crippen molar-refractivity contribution in [1.29, 1.82) is 0 Å². The maximum absolute atomic E-state index is 13.9. The number of rotatable bonds is 9. The first-order valence-corrected chi connectivity index (χ1v) is 9.97. The van der Waals surface area contributed by atoms with E-state index >= 15 is 0 Å². The zero-order valence-electron chi connectivity index (χ0n) is 16.0. The van der Waals surface area contributed by atoms with E-state index in [1.54, 1.807) is 36.9 Å². The summed E-state index contributed by atoms with van der Waals surface area (Å²) >= 11 is 1.14. The molecule has 2 rings (SSSR count). The maximum Gasteiger partial charge on any atom is 0.350 e. The van der Waals surface area contributed by atoms with Crippen LogP contribution in [0.25, 0.3) is 0 Å². The summed E-state index contributed by atoms with van der Waals surface area (Å²) in [6, 6.07) is 6.25. The van der Waals surface area contributed by atoms with Crippen molar-refractivity contribution in [2.45, 2.75) is 46.5 Å². The van der Waals surface area contributed by atoms with Crippen LogP contribution in [-0.2, 0) is 16.0 Å². The number of carbonyl (C=O) groups is 2. The fourth-order valence-corrected chi connectivity index (χ4v) is 3.63. The van der Waals surface area contributed by atoms with Gasteiger partial charge in [0.2, 0.25) is 5.91 Å². The molecule has 0 bridgehead atoms. The van der Waals surface area contributed by atoms with E-state index in [4.69, 9.17) is 4.74 Å². The Balaban J connectivity index is 2.26. The van der Waals surface area contributed by atoms with Crippen molar-refractivity contribution >= 4 is 28.3 Å². The molecule has 0 aliphatic rings. The van der Waals surface area contributed by atoms with Crippen molar-refractivity contribution in [2.24, 2.45) is 0 Å². The molecule has 0 fully saturated rings. The van der Waals surface area contributed by atoms with Gasteiger partial charge in [0.25, 0.3) is 0 Å². The number of halogens is 1. The zero-order chi connectivity index (χ0) is 19.8. The molecule has 0 N–H and O–H groups in total. The van der Waals surface area contributed by atoms with Crippen LogP contribution in [0.15, 0.2) is 24.3 Å². The molecule has 1 aromatic heterocycles. The number of nitrogens with zero attached hydrogens (tertiary/aromatic N) is 2. The molecule has 0 unspecified atom stereocenters. The second-order valence-corrected chi connectivity index (χ2v) is 7.13. The Morgan fingerprint density at radius 2 is 1.96 bits per heavy atom. The molecule has 7 heteroatoms. The number of amides is 1. The fourth-order valence-electron chi connectivity index (χ4n) is 2.63.